The highest BCUT2D eigenvalue weighted by Gasteiger charge is 1.99. The number of nitrogens with zero attached hydrogens (tertiary/aromatic N) is 5. The van der Waals surface area contributed by atoms with Crippen molar-refractivity contribution in [2.45, 2.75) is 5.03 Å². The Bertz CT molecular complexity index is 386. The van der Waals surface area contributed by atoms with Gasteiger partial charge in [-0.15, -0.1) is 11.8 Å². The molecule has 0 aliphatic rings. The van der Waals surface area contributed by atoms with Crippen molar-refractivity contribution >= 4 is 11.8 Å². The van der Waals surface area contributed by atoms with Crippen molar-refractivity contribution < 1.29 is 0 Å². The molecule has 0 aromatic carbocycles. The fourth-order valence-electron chi connectivity index (χ4n) is 0.893. The van der Waals surface area contributed by atoms with Crippen LogP contribution in [-0.4, -0.2) is 31.0 Å². The summed E-state index contributed by atoms with van der Waals surface area (Å²) < 4.78 is 1.60. The van der Waals surface area contributed by atoms with E-state index in [1.165, 1.54) is 12.7 Å². The monoisotopic (exact) mass is 193 g/mol. The lowest BCUT2D eigenvalue weighted by Crippen LogP contribution is -1.98. The lowest BCUT2D eigenvalue weighted by molar-refractivity contribution is 0.825. The SMILES string of the molecule is CSc1cc(-n2cncn2)ncn1. The number of aromatic nitrogens is 5. The van der Waals surface area contributed by atoms with Crippen LogP contribution in [0.2, 0.25) is 0 Å². The van der Waals surface area contributed by atoms with Crippen LogP contribution in [0.25, 0.3) is 5.82 Å². The summed E-state index contributed by atoms with van der Waals surface area (Å²) in [5, 5.41) is 4.89. The van der Waals surface area contributed by atoms with Crippen molar-refractivity contribution in [1.29, 1.82) is 0 Å². The molecule has 5 nitrogen and oxygen atoms in total. The van der Waals surface area contributed by atoms with Gasteiger partial charge in [-0.05, 0) is 6.26 Å². The fourth-order valence-corrected chi connectivity index (χ4v) is 1.27. The first kappa shape index (κ1) is 8.18. The average molecular weight is 193 g/mol. The average Bonchev–Trinajstić information content (AvgIpc) is 2.71. The molecule has 66 valence electrons. The second-order valence-electron chi connectivity index (χ2n) is 2.26. The molecule has 2 heterocycles. The highest BCUT2D eigenvalue weighted by Crippen LogP contribution is 2.12. The van der Waals surface area contributed by atoms with E-state index >= 15 is 0 Å². The van der Waals surface area contributed by atoms with Crippen LogP contribution in [0.3, 0.4) is 0 Å². The molecule has 2 aromatic rings. The molecule has 0 saturated carbocycles. The van der Waals surface area contributed by atoms with Crippen LogP contribution in [0.5, 0.6) is 0 Å². The number of hydrogen-bond acceptors (Lipinski definition) is 5. The van der Waals surface area contributed by atoms with Crippen molar-refractivity contribution in [1.82, 2.24) is 24.7 Å². The van der Waals surface area contributed by atoms with Gasteiger partial charge < -0.3 is 0 Å². The van der Waals surface area contributed by atoms with E-state index < -0.39 is 0 Å². The summed E-state index contributed by atoms with van der Waals surface area (Å²) in [6.45, 7) is 0. The number of rotatable bonds is 2. The second kappa shape index (κ2) is 3.53. The van der Waals surface area contributed by atoms with Gasteiger partial charge >= 0.3 is 0 Å². The third kappa shape index (κ3) is 1.67. The molecule has 0 amide bonds. The number of hydrogen-bond donors (Lipinski definition) is 0. The van der Waals surface area contributed by atoms with Crippen LogP contribution in [0.1, 0.15) is 0 Å². The first-order chi connectivity index (χ1) is 6.40. The summed E-state index contributed by atoms with van der Waals surface area (Å²) >= 11 is 1.57. The van der Waals surface area contributed by atoms with Gasteiger partial charge in [0.1, 0.15) is 24.0 Å². The zero-order valence-corrected chi connectivity index (χ0v) is 7.77. The highest BCUT2D eigenvalue weighted by molar-refractivity contribution is 7.98. The first-order valence-corrected chi connectivity index (χ1v) is 4.83. The molecule has 2 rings (SSSR count). The van der Waals surface area contributed by atoms with Gasteiger partial charge in [-0.1, -0.05) is 0 Å². The third-order valence-corrected chi connectivity index (χ3v) is 2.13. The van der Waals surface area contributed by atoms with E-state index in [1.807, 2.05) is 12.3 Å². The molecule has 0 bridgehead atoms. The van der Waals surface area contributed by atoms with E-state index in [9.17, 15) is 0 Å². The van der Waals surface area contributed by atoms with E-state index in [4.69, 9.17) is 0 Å². The van der Waals surface area contributed by atoms with Crippen molar-refractivity contribution in [2.24, 2.45) is 0 Å². The maximum Gasteiger partial charge on any atom is 0.159 e. The van der Waals surface area contributed by atoms with Gasteiger partial charge in [0.25, 0.3) is 0 Å². The summed E-state index contributed by atoms with van der Waals surface area (Å²) in [4.78, 5) is 12.0. The summed E-state index contributed by atoms with van der Waals surface area (Å²) in [5.74, 6) is 0.733. The topological polar surface area (TPSA) is 56.5 Å². The van der Waals surface area contributed by atoms with Gasteiger partial charge in [-0.2, -0.15) is 5.10 Å². The van der Waals surface area contributed by atoms with Gasteiger partial charge in [0.05, 0.1) is 0 Å². The Kier molecular flexibility index (Phi) is 2.22. The molecule has 13 heavy (non-hydrogen) atoms. The van der Waals surface area contributed by atoms with Crippen molar-refractivity contribution in [3.63, 3.8) is 0 Å². The Hall–Kier alpha value is -1.43. The Morgan fingerprint density at radius 3 is 2.92 bits per heavy atom. The van der Waals surface area contributed by atoms with E-state index in [0.29, 0.717) is 0 Å². The lowest BCUT2D eigenvalue weighted by Gasteiger charge is -1.99. The predicted molar refractivity (Wildman–Crippen MR) is 48.7 cm³/mol. The van der Waals surface area contributed by atoms with Gasteiger partial charge in [0.15, 0.2) is 5.82 Å². The number of thioether (sulfide) groups is 1. The van der Waals surface area contributed by atoms with Crippen molar-refractivity contribution in [3.05, 3.63) is 25.0 Å². The largest absolute Gasteiger partial charge is 0.230 e. The van der Waals surface area contributed by atoms with Crippen LogP contribution in [-0.2, 0) is 0 Å². The van der Waals surface area contributed by atoms with Gasteiger partial charge in [0.2, 0.25) is 0 Å². The minimum atomic E-state index is 0.733. The minimum absolute atomic E-state index is 0.733. The zero-order chi connectivity index (χ0) is 9.10. The summed E-state index contributed by atoms with van der Waals surface area (Å²) in [7, 11) is 0. The first-order valence-electron chi connectivity index (χ1n) is 3.61. The summed E-state index contributed by atoms with van der Waals surface area (Å²) in [5.41, 5.74) is 0. The molecule has 0 spiro atoms. The molecule has 0 fully saturated rings. The zero-order valence-electron chi connectivity index (χ0n) is 6.95. The molecule has 0 aliphatic heterocycles. The lowest BCUT2D eigenvalue weighted by atomic mass is 10.6. The molecular formula is C7H7N5S. The summed E-state index contributed by atoms with van der Waals surface area (Å²) in [6.07, 6.45) is 6.56. The van der Waals surface area contributed by atoms with Crippen molar-refractivity contribution in [3.8, 4) is 5.82 Å². The van der Waals surface area contributed by atoms with Crippen LogP contribution in [0.15, 0.2) is 30.1 Å². The van der Waals surface area contributed by atoms with Crippen LogP contribution in [0.4, 0.5) is 0 Å². The van der Waals surface area contributed by atoms with Gasteiger partial charge in [-0.3, -0.25) is 0 Å². The Labute approximate surface area is 79.2 Å². The maximum atomic E-state index is 4.07. The predicted octanol–water partition coefficient (Wildman–Crippen LogP) is 0.779. The standard InChI is InChI=1S/C7H7N5S/c1-13-7-2-6(9-4-10-7)12-5-8-3-11-12/h2-5H,1H3. The highest BCUT2D eigenvalue weighted by atomic mass is 32.2. The summed E-state index contributed by atoms with van der Waals surface area (Å²) in [6, 6.07) is 1.86. The second-order valence-corrected chi connectivity index (χ2v) is 3.09. The Morgan fingerprint density at radius 2 is 2.23 bits per heavy atom. The van der Waals surface area contributed by atoms with E-state index in [-0.39, 0.29) is 0 Å². The third-order valence-electron chi connectivity index (χ3n) is 1.49. The molecule has 0 N–H and O–H groups in total. The molecule has 0 aliphatic carbocycles. The molecule has 6 heteroatoms. The van der Waals surface area contributed by atoms with Gasteiger partial charge in [0, 0.05) is 6.07 Å². The Morgan fingerprint density at radius 1 is 1.31 bits per heavy atom. The van der Waals surface area contributed by atoms with Crippen molar-refractivity contribution in [2.75, 3.05) is 6.26 Å². The fraction of sp³-hybridized carbons (Fsp3) is 0.143. The molecule has 0 radical (unpaired) electrons. The van der Waals surface area contributed by atoms with E-state index in [0.717, 1.165) is 10.8 Å². The quantitative estimate of drug-likeness (QED) is 0.521. The minimum Gasteiger partial charge on any atom is -0.230 e. The molecular weight excluding hydrogens is 186 g/mol. The Balaban J connectivity index is 2.41. The van der Waals surface area contributed by atoms with Crippen LogP contribution < -0.4 is 0 Å². The molecule has 0 atom stereocenters. The van der Waals surface area contributed by atoms with E-state index in [1.54, 1.807) is 22.8 Å². The smallest absolute Gasteiger partial charge is 0.159 e. The van der Waals surface area contributed by atoms with E-state index in [2.05, 4.69) is 20.1 Å². The normalized spacial score (nSPS) is 10.2. The maximum absolute atomic E-state index is 4.07. The molecule has 2 aromatic heterocycles. The molecule has 0 saturated heterocycles. The van der Waals surface area contributed by atoms with Crippen LogP contribution >= 0.6 is 11.8 Å². The molecule has 0 unspecified atom stereocenters. The van der Waals surface area contributed by atoms with Gasteiger partial charge in [-0.25, -0.2) is 19.6 Å². The van der Waals surface area contributed by atoms with Crippen LogP contribution in [0, 0.1) is 0 Å².